The highest BCUT2D eigenvalue weighted by atomic mass is 32.1. The van der Waals surface area contributed by atoms with Crippen molar-refractivity contribution in [3.8, 4) is 0 Å². The lowest BCUT2D eigenvalue weighted by Crippen LogP contribution is -2.50. The van der Waals surface area contributed by atoms with E-state index >= 15 is 0 Å². The summed E-state index contributed by atoms with van der Waals surface area (Å²) in [5.41, 5.74) is 2.23. The van der Waals surface area contributed by atoms with Crippen molar-refractivity contribution in [3.63, 3.8) is 0 Å². The smallest absolute Gasteiger partial charge is 0.321 e. The van der Waals surface area contributed by atoms with E-state index < -0.39 is 0 Å². The van der Waals surface area contributed by atoms with Crippen molar-refractivity contribution < 1.29 is 9.59 Å². The average Bonchev–Trinajstić information content (AvgIpc) is 3.28. The Hall–Kier alpha value is -3.39. The number of nitrogens with one attached hydrogen (secondary N) is 2. The number of hydrogen-bond donors (Lipinski definition) is 2. The Morgan fingerprint density at radius 2 is 1.72 bits per heavy atom. The van der Waals surface area contributed by atoms with E-state index in [-0.39, 0.29) is 11.9 Å². The number of hydrogen-bond acceptors (Lipinski definition) is 5. The number of thiazole rings is 1. The lowest BCUT2D eigenvalue weighted by Gasteiger charge is -2.36. The lowest BCUT2D eigenvalue weighted by molar-refractivity contribution is 0.102. The van der Waals surface area contributed by atoms with Crippen molar-refractivity contribution in [2.24, 2.45) is 0 Å². The molecule has 7 nitrogen and oxygen atoms in total. The van der Waals surface area contributed by atoms with Gasteiger partial charge in [-0.2, -0.15) is 0 Å². The van der Waals surface area contributed by atoms with E-state index in [9.17, 15) is 9.59 Å². The highest BCUT2D eigenvalue weighted by Crippen LogP contribution is 2.18. The minimum Gasteiger partial charge on any atom is -0.368 e. The van der Waals surface area contributed by atoms with Crippen LogP contribution < -0.4 is 15.5 Å². The second-order valence-electron chi connectivity index (χ2n) is 6.61. The second-order valence-corrected chi connectivity index (χ2v) is 7.51. The fourth-order valence-corrected chi connectivity index (χ4v) is 3.73. The molecule has 148 valence electrons. The van der Waals surface area contributed by atoms with Gasteiger partial charge in [0.25, 0.3) is 5.91 Å². The summed E-state index contributed by atoms with van der Waals surface area (Å²) >= 11 is 1.35. The number of aromatic nitrogens is 1. The number of nitrogens with zero attached hydrogens (tertiary/aromatic N) is 3. The van der Waals surface area contributed by atoms with Crippen LogP contribution in [-0.4, -0.2) is 48.0 Å². The maximum absolute atomic E-state index is 12.6. The summed E-state index contributed by atoms with van der Waals surface area (Å²) in [4.78, 5) is 33.1. The molecule has 4 rings (SSSR count). The van der Waals surface area contributed by atoms with Crippen LogP contribution in [0.15, 0.2) is 66.2 Å². The molecular weight excluding hydrogens is 386 g/mol. The Kier molecular flexibility index (Phi) is 5.71. The summed E-state index contributed by atoms with van der Waals surface area (Å²) in [6.07, 6.45) is 1.63. The van der Waals surface area contributed by atoms with Crippen molar-refractivity contribution in [1.82, 2.24) is 9.88 Å². The third-order valence-electron chi connectivity index (χ3n) is 4.72. The molecule has 0 unspecified atom stereocenters. The molecule has 2 heterocycles. The second kappa shape index (κ2) is 8.74. The number of para-hydroxylation sites is 1. The summed E-state index contributed by atoms with van der Waals surface area (Å²) < 4.78 is 0. The normalized spacial score (nSPS) is 13.8. The van der Waals surface area contributed by atoms with Crippen LogP contribution in [0.2, 0.25) is 0 Å². The van der Waals surface area contributed by atoms with Crippen LogP contribution in [0, 0.1) is 0 Å². The average molecular weight is 407 g/mol. The first-order valence-corrected chi connectivity index (χ1v) is 10.2. The number of benzene rings is 2. The number of carbonyl (C=O) groups is 2. The van der Waals surface area contributed by atoms with Crippen LogP contribution in [0.1, 0.15) is 10.4 Å². The standard InChI is InChI=1S/C21H21N5O2S/c27-19(24-20-22-9-14-29-20)16-5-4-6-17(15-16)23-21(28)26-12-10-25(11-13-26)18-7-2-1-3-8-18/h1-9,14-15H,10-13H2,(H,23,28)(H,22,24,27). The molecule has 0 bridgehead atoms. The molecule has 2 N–H and O–H groups in total. The fourth-order valence-electron chi connectivity index (χ4n) is 3.20. The molecule has 0 spiro atoms. The SMILES string of the molecule is O=C(Nc1nccs1)c1cccc(NC(=O)N2CCN(c3ccccc3)CC2)c1. The zero-order valence-electron chi connectivity index (χ0n) is 15.7. The molecule has 0 radical (unpaired) electrons. The van der Waals surface area contributed by atoms with E-state index in [2.05, 4.69) is 32.7 Å². The number of amides is 3. The maximum atomic E-state index is 12.6. The predicted octanol–water partition coefficient (Wildman–Crippen LogP) is 3.75. The third kappa shape index (κ3) is 4.72. The summed E-state index contributed by atoms with van der Waals surface area (Å²) in [5, 5.41) is 7.98. The number of rotatable bonds is 4. The molecule has 1 saturated heterocycles. The van der Waals surface area contributed by atoms with Gasteiger partial charge in [0.15, 0.2) is 5.13 Å². The van der Waals surface area contributed by atoms with Gasteiger partial charge in [0, 0.05) is 54.7 Å². The first-order chi connectivity index (χ1) is 14.2. The molecule has 1 fully saturated rings. The molecule has 0 saturated carbocycles. The Morgan fingerprint density at radius 1 is 0.931 bits per heavy atom. The number of carbonyl (C=O) groups excluding carboxylic acids is 2. The molecule has 0 atom stereocenters. The molecule has 8 heteroatoms. The van der Waals surface area contributed by atoms with E-state index in [1.165, 1.54) is 17.0 Å². The van der Waals surface area contributed by atoms with Crippen molar-refractivity contribution in [2.45, 2.75) is 0 Å². The number of piperazine rings is 1. The van der Waals surface area contributed by atoms with Crippen molar-refractivity contribution in [2.75, 3.05) is 41.7 Å². The molecule has 29 heavy (non-hydrogen) atoms. The summed E-state index contributed by atoms with van der Waals surface area (Å²) in [7, 11) is 0. The Balaban J connectivity index is 1.33. The van der Waals surface area contributed by atoms with Gasteiger partial charge in [-0.15, -0.1) is 11.3 Å². The molecule has 3 amide bonds. The topological polar surface area (TPSA) is 77.6 Å². The largest absolute Gasteiger partial charge is 0.368 e. The molecule has 1 aliphatic rings. The van der Waals surface area contributed by atoms with Crippen LogP contribution in [0.25, 0.3) is 0 Å². The number of anilines is 3. The van der Waals surface area contributed by atoms with Crippen molar-refractivity contribution >= 4 is 39.8 Å². The van der Waals surface area contributed by atoms with Gasteiger partial charge >= 0.3 is 6.03 Å². The minimum atomic E-state index is -0.257. The Bertz CT molecular complexity index is 970. The van der Waals surface area contributed by atoms with Crippen LogP contribution in [0.4, 0.5) is 21.3 Å². The fraction of sp³-hybridized carbons (Fsp3) is 0.190. The van der Waals surface area contributed by atoms with Gasteiger partial charge in [-0.1, -0.05) is 24.3 Å². The summed E-state index contributed by atoms with van der Waals surface area (Å²) in [6.45, 7) is 2.86. The molecule has 2 aromatic carbocycles. The number of urea groups is 1. The van der Waals surface area contributed by atoms with E-state index in [4.69, 9.17) is 0 Å². The van der Waals surface area contributed by atoms with Crippen LogP contribution in [-0.2, 0) is 0 Å². The third-order valence-corrected chi connectivity index (χ3v) is 5.41. The van der Waals surface area contributed by atoms with Crippen molar-refractivity contribution in [3.05, 3.63) is 71.7 Å². The quantitative estimate of drug-likeness (QED) is 0.691. The van der Waals surface area contributed by atoms with E-state index in [1.54, 1.807) is 40.7 Å². The zero-order valence-corrected chi connectivity index (χ0v) is 16.6. The van der Waals surface area contributed by atoms with Gasteiger partial charge in [0.2, 0.25) is 0 Å². The Labute approximate surface area is 173 Å². The van der Waals surface area contributed by atoms with E-state index in [1.807, 2.05) is 18.2 Å². The van der Waals surface area contributed by atoms with Crippen LogP contribution in [0.5, 0.6) is 0 Å². The van der Waals surface area contributed by atoms with Gasteiger partial charge in [-0.3, -0.25) is 10.1 Å². The van der Waals surface area contributed by atoms with E-state index in [0.717, 1.165) is 13.1 Å². The monoisotopic (exact) mass is 407 g/mol. The molecular formula is C21H21N5O2S. The van der Waals surface area contributed by atoms with Gasteiger partial charge in [0.1, 0.15) is 0 Å². The molecule has 3 aromatic rings. The first-order valence-electron chi connectivity index (χ1n) is 9.36. The zero-order chi connectivity index (χ0) is 20.1. The van der Waals surface area contributed by atoms with E-state index in [0.29, 0.717) is 29.5 Å². The maximum Gasteiger partial charge on any atom is 0.321 e. The molecule has 1 aromatic heterocycles. The molecule has 1 aliphatic heterocycles. The minimum absolute atomic E-state index is 0.157. The van der Waals surface area contributed by atoms with Crippen molar-refractivity contribution in [1.29, 1.82) is 0 Å². The highest BCUT2D eigenvalue weighted by molar-refractivity contribution is 7.13. The first kappa shape index (κ1) is 18.9. The lowest BCUT2D eigenvalue weighted by atomic mass is 10.2. The highest BCUT2D eigenvalue weighted by Gasteiger charge is 2.21. The molecule has 0 aliphatic carbocycles. The van der Waals surface area contributed by atoms with Gasteiger partial charge in [0.05, 0.1) is 0 Å². The van der Waals surface area contributed by atoms with Gasteiger partial charge in [-0.25, -0.2) is 9.78 Å². The van der Waals surface area contributed by atoms with Gasteiger partial charge in [-0.05, 0) is 30.3 Å². The van der Waals surface area contributed by atoms with Gasteiger partial charge < -0.3 is 15.1 Å². The van der Waals surface area contributed by atoms with Crippen LogP contribution in [0.3, 0.4) is 0 Å². The predicted molar refractivity (Wildman–Crippen MR) is 116 cm³/mol. The Morgan fingerprint density at radius 3 is 2.45 bits per heavy atom. The summed E-state index contributed by atoms with van der Waals surface area (Å²) in [5.74, 6) is -0.257. The summed E-state index contributed by atoms with van der Waals surface area (Å²) in [6, 6.07) is 16.9. The van der Waals surface area contributed by atoms with Crippen LogP contribution >= 0.6 is 11.3 Å².